The van der Waals surface area contributed by atoms with Gasteiger partial charge in [-0.2, -0.15) is 5.48 Å². The van der Waals surface area contributed by atoms with Gasteiger partial charge in [0.2, 0.25) is 0 Å². The van der Waals surface area contributed by atoms with Crippen molar-refractivity contribution in [1.82, 2.24) is 14.6 Å². The SMILES string of the molecule is C=C(CNOCc1ccccc1)c1cn(C)c(=O)n(C)c1=O. The Morgan fingerprint density at radius 3 is 2.59 bits per heavy atom. The fourth-order valence-corrected chi connectivity index (χ4v) is 1.99. The van der Waals surface area contributed by atoms with E-state index in [1.54, 1.807) is 7.05 Å². The minimum Gasteiger partial charge on any atom is -0.303 e. The molecule has 0 saturated carbocycles. The Morgan fingerprint density at radius 2 is 1.91 bits per heavy atom. The summed E-state index contributed by atoms with van der Waals surface area (Å²) < 4.78 is 2.41. The second-order valence-corrected chi connectivity index (χ2v) is 5.00. The van der Waals surface area contributed by atoms with Gasteiger partial charge >= 0.3 is 5.69 Å². The lowest BCUT2D eigenvalue weighted by molar-refractivity contribution is 0.0364. The first-order valence-corrected chi connectivity index (χ1v) is 6.84. The molecule has 1 aromatic carbocycles. The average molecular weight is 301 g/mol. The molecule has 1 aromatic heterocycles. The molecule has 0 aliphatic carbocycles. The van der Waals surface area contributed by atoms with E-state index in [-0.39, 0.29) is 11.2 Å². The maximum Gasteiger partial charge on any atom is 0.330 e. The molecular weight excluding hydrogens is 282 g/mol. The van der Waals surface area contributed by atoms with E-state index in [2.05, 4.69) is 12.1 Å². The minimum atomic E-state index is -0.366. The van der Waals surface area contributed by atoms with E-state index in [9.17, 15) is 9.59 Å². The van der Waals surface area contributed by atoms with Crippen LogP contribution in [0.4, 0.5) is 0 Å². The van der Waals surface area contributed by atoms with E-state index in [4.69, 9.17) is 4.84 Å². The van der Waals surface area contributed by atoms with E-state index >= 15 is 0 Å². The van der Waals surface area contributed by atoms with Crippen LogP contribution < -0.4 is 16.7 Å². The highest BCUT2D eigenvalue weighted by Crippen LogP contribution is 2.05. The number of hydroxylamine groups is 1. The van der Waals surface area contributed by atoms with Crippen LogP contribution in [0.15, 0.2) is 52.7 Å². The van der Waals surface area contributed by atoms with Gasteiger partial charge < -0.3 is 4.57 Å². The second kappa shape index (κ2) is 7.02. The van der Waals surface area contributed by atoms with Crippen molar-refractivity contribution >= 4 is 5.57 Å². The molecule has 0 bridgehead atoms. The van der Waals surface area contributed by atoms with Crippen LogP contribution in [0.25, 0.3) is 5.57 Å². The first-order chi connectivity index (χ1) is 10.5. The number of aryl methyl sites for hydroxylation is 1. The molecule has 0 atom stereocenters. The van der Waals surface area contributed by atoms with Crippen molar-refractivity contribution in [1.29, 1.82) is 0 Å². The molecule has 0 unspecified atom stereocenters. The molecule has 0 amide bonds. The molecule has 116 valence electrons. The Labute approximate surface area is 128 Å². The zero-order valence-corrected chi connectivity index (χ0v) is 12.7. The van der Waals surface area contributed by atoms with Gasteiger partial charge in [0.05, 0.1) is 12.2 Å². The first-order valence-electron chi connectivity index (χ1n) is 6.84. The van der Waals surface area contributed by atoms with Crippen molar-refractivity contribution in [3.63, 3.8) is 0 Å². The maximum atomic E-state index is 12.1. The summed E-state index contributed by atoms with van der Waals surface area (Å²) in [4.78, 5) is 29.0. The van der Waals surface area contributed by atoms with Gasteiger partial charge in [-0.25, -0.2) is 4.79 Å². The Morgan fingerprint density at radius 1 is 1.23 bits per heavy atom. The lowest BCUT2D eigenvalue weighted by Crippen LogP contribution is -2.38. The number of hydrogen-bond donors (Lipinski definition) is 1. The van der Waals surface area contributed by atoms with Gasteiger partial charge in [-0.05, 0) is 11.1 Å². The molecule has 2 rings (SSSR count). The largest absolute Gasteiger partial charge is 0.330 e. The predicted molar refractivity (Wildman–Crippen MR) is 85.2 cm³/mol. The van der Waals surface area contributed by atoms with E-state index in [1.807, 2.05) is 30.3 Å². The molecule has 22 heavy (non-hydrogen) atoms. The van der Waals surface area contributed by atoms with Crippen molar-refractivity contribution in [2.75, 3.05) is 6.54 Å². The third kappa shape index (κ3) is 3.60. The van der Waals surface area contributed by atoms with Gasteiger partial charge in [0, 0.05) is 26.8 Å². The lowest BCUT2D eigenvalue weighted by atomic mass is 10.1. The molecule has 0 spiro atoms. The molecule has 1 heterocycles. The minimum absolute atomic E-state index is 0.292. The van der Waals surface area contributed by atoms with Gasteiger partial charge in [-0.15, -0.1) is 0 Å². The fourth-order valence-electron chi connectivity index (χ4n) is 1.99. The number of aromatic nitrogens is 2. The van der Waals surface area contributed by atoms with Gasteiger partial charge in [0.1, 0.15) is 0 Å². The monoisotopic (exact) mass is 301 g/mol. The standard InChI is InChI=1S/C16H19N3O3/c1-12(9-17-22-11-13-7-5-4-6-8-13)14-10-18(2)16(21)19(3)15(14)20/h4-8,10,17H,1,9,11H2,2-3H3. The number of nitrogens with one attached hydrogen (secondary N) is 1. The number of nitrogens with zero attached hydrogens (tertiary/aromatic N) is 2. The van der Waals surface area contributed by atoms with Crippen LogP contribution in [0.3, 0.4) is 0 Å². The summed E-state index contributed by atoms with van der Waals surface area (Å²) in [5.74, 6) is 0. The summed E-state index contributed by atoms with van der Waals surface area (Å²) in [5, 5.41) is 0. The Bertz CT molecular complexity index is 775. The van der Waals surface area contributed by atoms with Crippen LogP contribution in [-0.4, -0.2) is 15.7 Å². The number of hydrogen-bond acceptors (Lipinski definition) is 4. The lowest BCUT2D eigenvalue weighted by Gasteiger charge is -2.10. The van der Waals surface area contributed by atoms with Gasteiger partial charge in [0.25, 0.3) is 5.56 Å². The fraction of sp³-hybridized carbons (Fsp3) is 0.250. The second-order valence-electron chi connectivity index (χ2n) is 5.00. The van der Waals surface area contributed by atoms with Gasteiger partial charge in [0.15, 0.2) is 0 Å². The molecule has 0 aliphatic heterocycles. The molecule has 1 N–H and O–H groups in total. The van der Waals surface area contributed by atoms with Crippen LogP contribution in [0.2, 0.25) is 0 Å². The smallest absolute Gasteiger partial charge is 0.303 e. The summed E-state index contributed by atoms with van der Waals surface area (Å²) in [6, 6.07) is 9.73. The third-order valence-electron chi connectivity index (χ3n) is 3.30. The summed E-state index contributed by atoms with van der Waals surface area (Å²) in [7, 11) is 3.04. The third-order valence-corrected chi connectivity index (χ3v) is 3.30. The molecular formula is C16H19N3O3. The van der Waals surface area contributed by atoms with E-state index in [0.29, 0.717) is 24.3 Å². The van der Waals surface area contributed by atoms with E-state index in [1.165, 1.54) is 17.8 Å². The molecule has 2 aromatic rings. The Hall–Kier alpha value is -2.44. The molecule has 0 fully saturated rings. The van der Waals surface area contributed by atoms with Crippen LogP contribution in [0.1, 0.15) is 11.1 Å². The van der Waals surface area contributed by atoms with Crippen molar-refractivity contribution in [3.8, 4) is 0 Å². The molecule has 6 nitrogen and oxygen atoms in total. The maximum absolute atomic E-state index is 12.1. The molecule has 0 saturated heterocycles. The van der Waals surface area contributed by atoms with Crippen molar-refractivity contribution < 1.29 is 4.84 Å². The summed E-state index contributed by atoms with van der Waals surface area (Å²) in [5.41, 5.74) is 4.04. The number of rotatable bonds is 6. The van der Waals surface area contributed by atoms with Crippen molar-refractivity contribution in [2.45, 2.75) is 6.61 Å². The zero-order valence-electron chi connectivity index (χ0n) is 12.7. The normalized spacial score (nSPS) is 10.6. The van der Waals surface area contributed by atoms with Gasteiger partial charge in [-0.3, -0.25) is 14.2 Å². The molecule has 0 aliphatic rings. The van der Waals surface area contributed by atoms with Crippen molar-refractivity contribution in [3.05, 3.63) is 75.1 Å². The van der Waals surface area contributed by atoms with Crippen molar-refractivity contribution in [2.24, 2.45) is 14.1 Å². The van der Waals surface area contributed by atoms with E-state index in [0.717, 1.165) is 10.1 Å². The topological polar surface area (TPSA) is 65.3 Å². The zero-order chi connectivity index (χ0) is 16.1. The quantitative estimate of drug-likeness (QED) is 0.634. The van der Waals surface area contributed by atoms with Crippen LogP contribution >= 0.6 is 0 Å². The summed E-state index contributed by atoms with van der Waals surface area (Å²) in [6.45, 7) is 4.58. The first kappa shape index (κ1) is 15.9. The predicted octanol–water partition coefficient (Wildman–Crippen LogP) is 0.819. The highest BCUT2D eigenvalue weighted by Gasteiger charge is 2.09. The average Bonchev–Trinajstić information content (AvgIpc) is 2.53. The highest BCUT2D eigenvalue weighted by molar-refractivity contribution is 5.63. The summed E-state index contributed by atoms with van der Waals surface area (Å²) in [6.07, 6.45) is 1.49. The van der Waals surface area contributed by atoms with Crippen LogP contribution in [0.5, 0.6) is 0 Å². The van der Waals surface area contributed by atoms with Crippen LogP contribution in [0, 0.1) is 0 Å². The molecule has 6 heteroatoms. The number of benzene rings is 1. The summed E-state index contributed by atoms with van der Waals surface area (Å²) >= 11 is 0. The molecule has 0 radical (unpaired) electrons. The van der Waals surface area contributed by atoms with E-state index < -0.39 is 0 Å². The van der Waals surface area contributed by atoms with Crippen LogP contribution in [-0.2, 0) is 25.5 Å². The van der Waals surface area contributed by atoms with Gasteiger partial charge in [-0.1, -0.05) is 36.9 Å². The Kier molecular flexibility index (Phi) is 5.08. The Balaban J connectivity index is 1.96. The highest BCUT2D eigenvalue weighted by atomic mass is 16.6.